The van der Waals surface area contributed by atoms with Gasteiger partial charge in [0, 0.05) is 6.04 Å². The minimum atomic E-state index is -0.0796. The molecule has 1 fully saturated rings. The molecule has 1 heterocycles. The summed E-state index contributed by atoms with van der Waals surface area (Å²) >= 11 is 0. The van der Waals surface area contributed by atoms with Crippen LogP contribution >= 0.6 is 0 Å². The molecule has 2 nitrogen and oxygen atoms in total. The molecule has 1 N–H and O–H groups in total. The highest BCUT2D eigenvalue weighted by atomic mass is 19.1. The Morgan fingerprint density at radius 1 is 1.42 bits per heavy atom. The van der Waals surface area contributed by atoms with E-state index in [2.05, 4.69) is 23.2 Å². The number of nitrogens with one attached hydrogen (secondary N) is 1. The van der Waals surface area contributed by atoms with Crippen LogP contribution in [0.15, 0.2) is 18.2 Å². The fourth-order valence-electron chi connectivity index (χ4n) is 3.22. The quantitative estimate of drug-likeness (QED) is 0.879. The number of aryl methyl sites for hydroxylation is 1. The zero-order valence-corrected chi connectivity index (χ0v) is 12.2. The maximum Gasteiger partial charge on any atom is 0.126 e. The summed E-state index contributed by atoms with van der Waals surface area (Å²) in [5.41, 5.74) is 1.86. The summed E-state index contributed by atoms with van der Waals surface area (Å²) in [5.74, 6) is 0.503. The lowest BCUT2D eigenvalue weighted by atomic mass is 9.93. The fourth-order valence-corrected chi connectivity index (χ4v) is 3.22. The molecule has 1 saturated heterocycles. The van der Waals surface area contributed by atoms with Crippen LogP contribution < -0.4 is 5.32 Å². The van der Waals surface area contributed by atoms with Crippen molar-refractivity contribution in [2.24, 2.45) is 5.92 Å². The van der Waals surface area contributed by atoms with Crippen LogP contribution in [0.3, 0.4) is 0 Å². The van der Waals surface area contributed by atoms with Crippen LogP contribution in [0.4, 0.5) is 4.39 Å². The first kappa shape index (κ1) is 14.5. The van der Waals surface area contributed by atoms with Gasteiger partial charge < -0.3 is 5.32 Å². The molecule has 106 valence electrons. The molecule has 1 aliphatic rings. The summed E-state index contributed by atoms with van der Waals surface area (Å²) < 4.78 is 13.8. The molecule has 2 unspecified atom stereocenters. The highest BCUT2D eigenvalue weighted by Crippen LogP contribution is 2.37. The van der Waals surface area contributed by atoms with Crippen molar-refractivity contribution in [1.29, 1.82) is 0 Å². The normalized spacial score (nSPS) is 24.0. The zero-order chi connectivity index (χ0) is 13.8. The van der Waals surface area contributed by atoms with Gasteiger partial charge in [-0.15, -0.1) is 0 Å². The minimum absolute atomic E-state index is 0.0796. The van der Waals surface area contributed by atoms with E-state index in [1.165, 1.54) is 6.42 Å². The maximum absolute atomic E-state index is 13.8. The number of nitrogens with zero attached hydrogens (tertiary/aromatic N) is 1. The van der Waals surface area contributed by atoms with Crippen molar-refractivity contribution in [1.82, 2.24) is 10.2 Å². The van der Waals surface area contributed by atoms with E-state index < -0.39 is 0 Å². The van der Waals surface area contributed by atoms with Gasteiger partial charge in [0.15, 0.2) is 0 Å². The molecule has 0 aliphatic carbocycles. The highest BCUT2D eigenvalue weighted by Gasteiger charge is 2.34. The smallest absolute Gasteiger partial charge is 0.126 e. The van der Waals surface area contributed by atoms with E-state index in [1.807, 2.05) is 20.0 Å². The first-order valence-corrected chi connectivity index (χ1v) is 7.32. The molecule has 0 radical (unpaired) electrons. The van der Waals surface area contributed by atoms with Crippen molar-refractivity contribution in [2.45, 2.75) is 32.7 Å². The number of hydrogen-bond donors (Lipinski definition) is 1. The van der Waals surface area contributed by atoms with Crippen molar-refractivity contribution >= 4 is 0 Å². The van der Waals surface area contributed by atoms with Crippen molar-refractivity contribution < 1.29 is 4.39 Å². The second-order valence-corrected chi connectivity index (χ2v) is 5.60. The van der Waals surface area contributed by atoms with Gasteiger partial charge in [-0.25, -0.2) is 4.39 Å². The van der Waals surface area contributed by atoms with E-state index in [-0.39, 0.29) is 5.82 Å². The summed E-state index contributed by atoms with van der Waals surface area (Å²) in [5, 5.41) is 3.28. The molecule has 1 aromatic rings. The van der Waals surface area contributed by atoms with Gasteiger partial charge in [0.25, 0.3) is 0 Å². The van der Waals surface area contributed by atoms with Crippen LogP contribution in [0.1, 0.15) is 36.9 Å². The van der Waals surface area contributed by atoms with E-state index in [9.17, 15) is 4.39 Å². The van der Waals surface area contributed by atoms with E-state index >= 15 is 0 Å². The third-order valence-corrected chi connectivity index (χ3v) is 4.14. The van der Waals surface area contributed by atoms with E-state index in [0.717, 1.165) is 37.2 Å². The summed E-state index contributed by atoms with van der Waals surface area (Å²) in [6, 6.07) is 6.10. The molecule has 19 heavy (non-hydrogen) atoms. The number of rotatable bonds is 5. The molecule has 0 bridgehead atoms. The average molecular weight is 264 g/mol. The molecular formula is C16H25FN2. The van der Waals surface area contributed by atoms with Crippen LogP contribution in [0.2, 0.25) is 0 Å². The second kappa shape index (κ2) is 6.49. The van der Waals surface area contributed by atoms with E-state index in [0.29, 0.717) is 12.0 Å². The fraction of sp³-hybridized carbons (Fsp3) is 0.625. The van der Waals surface area contributed by atoms with Gasteiger partial charge in [0.2, 0.25) is 0 Å². The second-order valence-electron chi connectivity index (χ2n) is 5.60. The van der Waals surface area contributed by atoms with Gasteiger partial charge in [-0.05, 0) is 69.6 Å². The summed E-state index contributed by atoms with van der Waals surface area (Å²) in [6.07, 6.45) is 2.35. The van der Waals surface area contributed by atoms with Crippen LogP contribution in [-0.4, -0.2) is 31.6 Å². The van der Waals surface area contributed by atoms with Gasteiger partial charge in [0.1, 0.15) is 5.82 Å². The van der Waals surface area contributed by atoms with Crippen LogP contribution in [0.5, 0.6) is 0 Å². The van der Waals surface area contributed by atoms with Gasteiger partial charge in [-0.3, -0.25) is 4.90 Å². The Morgan fingerprint density at radius 3 is 2.84 bits per heavy atom. The Hall–Kier alpha value is -0.930. The van der Waals surface area contributed by atoms with Crippen molar-refractivity contribution in [3.63, 3.8) is 0 Å². The predicted molar refractivity (Wildman–Crippen MR) is 77.8 cm³/mol. The number of likely N-dealkylation sites (tertiary alicyclic amines) is 1. The number of benzene rings is 1. The summed E-state index contributed by atoms with van der Waals surface area (Å²) in [7, 11) is 2.00. The molecular weight excluding hydrogens is 239 g/mol. The third-order valence-electron chi connectivity index (χ3n) is 4.14. The first-order chi connectivity index (χ1) is 9.17. The number of halogens is 1. The number of hydrogen-bond acceptors (Lipinski definition) is 2. The molecule has 3 heteroatoms. The summed E-state index contributed by atoms with van der Waals surface area (Å²) in [6.45, 7) is 7.25. The molecule has 1 aliphatic heterocycles. The first-order valence-electron chi connectivity index (χ1n) is 7.32. The Kier molecular flexibility index (Phi) is 4.94. The van der Waals surface area contributed by atoms with Crippen molar-refractivity contribution in [3.8, 4) is 0 Å². The third kappa shape index (κ3) is 3.15. The van der Waals surface area contributed by atoms with Gasteiger partial charge in [-0.1, -0.05) is 19.1 Å². The van der Waals surface area contributed by atoms with Gasteiger partial charge >= 0.3 is 0 Å². The Morgan fingerprint density at radius 2 is 2.21 bits per heavy atom. The van der Waals surface area contributed by atoms with Crippen molar-refractivity contribution in [3.05, 3.63) is 35.1 Å². The Balaban J connectivity index is 2.26. The molecule has 0 amide bonds. The molecule has 2 rings (SSSR count). The molecule has 1 aromatic carbocycles. The summed E-state index contributed by atoms with van der Waals surface area (Å²) in [4.78, 5) is 2.51. The monoisotopic (exact) mass is 264 g/mol. The largest absolute Gasteiger partial charge is 0.319 e. The van der Waals surface area contributed by atoms with Crippen LogP contribution in [0, 0.1) is 18.7 Å². The van der Waals surface area contributed by atoms with E-state index in [4.69, 9.17) is 0 Å². The van der Waals surface area contributed by atoms with Gasteiger partial charge in [0.05, 0.1) is 0 Å². The average Bonchev–Trinajstić information content (AvgIpc) is 2.77. The molecule has 0 saturated carbocycles. The van der Waals surface area contributed by atoms with Crippen LogP contribution in [0.25, 0.3) is 0 Å². The maximum atomic E-state index is 13.8. The Bertz CT molecular complexity index is 405. The standard InChI is InChI=1S/C16H25FN2/c1-4-8-19-9-7-14(11-18-3)16(19)13-6-5-12(2)15(17)10-13/h5-6,10,14,16,18H,4,7-9,11H2,1-3H3. The lowest BCUT2D eigenvalue weighted by molar-refractivity contribution is 0.227. The molecule has 0 aromatic heterocycles. The molecule has 2 atom stereocenters. The lowest BCUT2D eigenvalue weighted by Gasteiger charge is -2.28. The van der Waals surface area contributed by atoms with Gasteiger partial charge in [-0.2, -0.15) is 0 Å². The topological polar surface area (TPSA) is 15.3 Å². The molecule has 0 spiro atoms. The van der Waals surface area contributed by atoms with Crippen LogP contribution in [-0.2, 0) is 0 Å². The SMILES string of the molecule is CCCN1CCC(CNC)C1c1ccc(C)c(F)c1. The van der Waals surface area contributed by atoms with Crippen molar-refractivity contribution in [2.75, 3.05) is 26.7 Å². The predicted octanol–water partition coefficient (Wildman–Crippen LogP) is 3.13. The van der Waals surface area contributed by atoms with E-state index in [1.54, 1.807) is 6.07 Å². The lowest BCUT2D eigenvalue weighted by Crippen LogP contribution is -2.29. The highest BCUT2D eigenvalue weighted by molar-refractivity contribution is 5.27. The zero-order valence-electron chi connectivity index (χ0n) is 12.2. The Labute approximate surface area is 116 Å². The minimum Gasteiger partial charge on any atom is -0.319 e.